The van der Waals surface area contributed by atoms with E-state index in [1.54, 1.807) is 13.2 Å². The summed E-state index contributed by atoms with van der Waals surface area (Å²) in [5.74, 6) is 3.32. The largest absolute Gasteiger partial charge is 0.497 e. The lowest BCUT2D eigenvalue weighted by Crippen LogP contribution is -2.30. The van der Waals surface area contributed by atoms with Gasteiger partial charge in [-0.3, -0.25) is 0 Å². The van der Waals surface area contributed by atoms with Crippen molar-refractivity contribution in [3.8, 4) is 29.2 Å². The first kappa shape index (κ1) is 19.8. The van der Waals surface area contributed by atoms with Crippen LogP contribution in [0.5, 0.6) is 11.5 Å². The van der Waals surface area contributed by atoms with Gasteiger partial charge in [-0.2, -0.15) is 10.2 Å². The quantitative estimate of drug-likeness (QED) is 0.430. The van der Waals surface area contributed by atoms with Crippen LogP contribution in [0.15, 0.2) is 69.5 Å². The van der Waals surface area contributed by atoms with Crippen LogP contribution in [-0.2, 0) is 19.6 Å². The van der Waals surface area contributed by atoms with Crippen LogP contribution < -0.4 is 14.4 Å². The lowest BCUT2D eigenvalue weighted by atomic mass is 10.00. The van der Waals surface area contributed by atoms with Crippen LogP contribution in [0.3, 0.4) is 0 Å². The molecule has 160 valence electrons. The summed E-state index contributed by atoms with van der Waals surface area (Å²) < 4.78 is 22.8. The maximum atomic E-state index is 9.60. The monoisotopic (exact) mass is 427 g/mol. The van der Waals surface area contributed by atoms with E-state index in [1.165, 1.54) is 11.1 Å². The molecule has 32 heavy (non-hydrogen) atoms. The van der Waals surface area contributed by atoms with Crippen LogP contribution in [0.2, 0.25) is 0 Å². The smallest absolute Gasteiger partial charge is 0.266 e. The predicted octanol–water partition coefficient (Wildman–Crippen LogP) is 4.96. The fourth-order valence-electron chi connectivity index (χ4n) is 3.77. The van der Waals surface area contributed by atoms with Gasteiger partial charge in [0.15, 0.2) is 5.76 Å². The van der Waals surface area contributed by atoms with Gasteiger partial charge >= 0.3 is 0 Å². The molecule has 1 aliphatic rings. The number of nitrogens with zero attached hydrogens (tertiary/aromatic N) is 3. The number of ether oxygens (including phenoxy) is 2. The van der Waals surface area contributed by atoms with Crippen LogP contribution in [0, 0.1) is 11.3 Å². The molecule has 1 aliphatic heterocycles. The molecule has 3 heterocycles. The molecule has 0 radical (unpaired) electrons. The number of aromatic nitrogens is 1. The molecule has 5 rings (SSSR count). The molecule has 0 N–H and O–H groups in total. The highest BCUT2D eigenvalue weighted by molar-refractivity contribution is 5.57. The number of oxazole rings is 1. The second-order valence-electron chi connectivity index (χ2n) is 7.46. The number of rotatable bonds is 6. The van der Waals surface area contributed by atoms with Crippen molar-refractivity contribution >= 4 is 5.88 Å². The Hall–Kier alpha value is -4.18. The zero-order chi connectivity index (χ0) is 21.9. The SMILES string of the molecule is COc1ccc(OCc2ccc(-c3nc(C#N)c(N4CCc5ccccc5C4)o3)o2)cc1. The van der Waals surface area contributed by atoms with Gasteiger partial charge in [0, 0.05) is 13.1 Å². The summed E-state index contributed by atoms with van der Waals surface area (Å²) >= 11 is 0. The highest BCUT2D eigenvalue weighted by Gasteiger charge is 2.25. The van der Waals surface area contributed by atoms with Crippen LogP contribution in [-0.4, -0.2) is 18.6 Å². The highest BCUT2D eigenvalue weighted by Crippen LogP contribution is 2.32. The minimum absolute atomic E-state index is 0.256. The van der Waals surface area contributed by atoms with Crippen molar-refractivity contribution in [3.05, 3.63) is 83.2 Å². The van der Waals surface area contributed by atoms with Crippen molar-refractivity contribution < 1.29 is 18.3 Å². The molecule has 0 saturated carbocycles. The molecular formula is C25H21N3O4. The van der Waals surface area contributed by atoms with Crippen LogP contribution in [0.1, 0.15) is 22.6 Å². The molecule has 0 bridgehead atoms. The summed E-state index contributed by atoms with van der Waals surface area (Å²) in [5, 5.41) is 9.60. The van der Waals surface area contributed by atoms with E-state index in [4.69, 9.17) is 18.3 Å². The number of hydrogen-bond acceptors (Lipinski definition) is 7. The van der Waals surface area contributed by atoms with E-state index in [1.807, 2.05) is 41.3 Å². The van der Waals surface area contributed by atoms with E-state index in [2.05, 4.69) is 29.3 Å². The van der Waals surface area contributed by atoms with Gasteiger partial charge in [-0.1, -0.05) is 24.3 Å². The second-order valence-corrected chi connectivity index (χ2v) is 7.46. The van der Waals surface area contributed by atoms with Crippen LogP contribution in [0.25, 0.3) is 11.7 Å². The number of methoxy groups -OCH3 is 1. The molecule has 0 fully saturated rings. The van der Waals surface area contributed by atoms with E-state index >= 15 is 0 Å². The van der Waals surface area contributed by atoms with Gasteiger partial charge in [-0.05, 0) is 53.9 Å². The molecule has 2 aromatic carbocycles. The number of hydrogen-bond donors (Lipinski definition) is 0. The Morgan fingerprint density at radius 3 is 2.56 bits per heavy atom. The predicted molar refractivity (Wildman–Crippen MR) is 117 cm³/mol. The summed E-state index contributed by atoms with van der Waals surface area (Å²) in [6, 6.07) is 21.4. The van der Waals surface area contributed by atoms with Gasteiger partial charge in [0.25, 0.3) is 5.89 Å². The molecule has 0 aliphatic carbocycles. The lowest BCUT2D eigenvalue weighted by molar-refractivity contribution is 0.270. The Kier molecular flexibility index (Phi) is 5.26. The van der Waals surface area contributed by atoms with Gasteiger partial charge in [-0.15, -0.1) is 0 Å². The first-order valence-corrected chi connectivity index (χ1v) is 10.3. The third-order valence-corrected chi connectivity index (χ3v) is 5.45. The Labute approximate surface area is 185 Å². The van der Waals surface area contributed by atoms with E-state index in [0.717, 1.165) is 18.7 Å². The first-order chi connectivity index (χ1) is 15.7. The Bertz CT molecular complexity index is 1270. The molecule has 7 nitrogen and oxygen atoms in total. The maximum absolute atomic E-state index is 9.60. The average Bonchev–Trinajstić information content (AvgIpc) is 3.50. The fourth-order valence-corrected chi connectivity index (χ4v) is 3.77. The van der Waals surface area contributed by atoms with E-state index < -0.39 is 0 Å². The molecule has 0 saturated heterocycles. The maximum Gasteiger partial charge on any atom is 0.266 e. The highest BCUT2D eigenvalue weighted by atomic mass is 16.5. The summed E-state index contributed by atoms with van der Waals surface area (Å²) in [6.07, 6.45) is 0.894. The molecule has 7 heteroatoms. The lowest BCUT2D eigenvalue weighted by Gasteiger charge is -2.28. The van der Waals surface area contributed by atoms with Crippen molar-refractivity contribution in [2.75, 3.05) is 18.6 Å². The van der Waals surface area contributed by atoms with Crippen molar-refractivity contribution in [1.82, 2.24) is 4.98 Å². The summed E-state index contributed by atoms with van der Waals surface area (Å²) in [4.78, 5) is 6.41. The summed E-state index contributed by atoms with van der Waals surface area (Å²) in [5.41, 5.74) is 2.82. The topological polar surface area (TPSA) is 84.7 Å². The van der Waals surface area contributed by atoms with Gasteiger partial charge in [0.2, 0.25) is 11.6 Å². The molecule has 2 aromatic heterocycles. The third kappa shape index (κ3) is 3.91. The first-order valence-electron chi connectivity index (χ1n) is 10.3. The van der Waals surface area contributed by atoms with E-state index in [9.17, 15) is 5.26 Å². The number of nitriles is 1. The molecule has 0 unspecified atom stereocenters. The number of anilines is 1. The zero-order valence-corrected chi connectivity index (χ0v) is 17.6. The molecule has 0 amide bonds. The molecule has 0 spiro atoms. The fraction of sp³-hybridized carbons (Fsp3) is 0.200. The van der Waals surface area contributed by atoms with Gasteiger partial charge in [-0.25, -0.2) is 0 Å². The van der Waals surface area contributed by atoms with Gasteiger partial charge in [0.05, 0.1) is 7.11 Å². The summed E-state index contributed by atoms with van der Waals surface area (Å²) in [7, 11) is 1.62. The number of furan rings is 1. The van der Waals surface area contributed by atoms with Crippen molar-refractivity contribution in [1.29, 1.82) is 5.26 Å². The van der Waals surface area contributed by atoms with Crippen LogP contribution >= 0.6 is 0 Å². The summed E-state index contributed by atoms with van der Waals surface area (Å²) in [6.45, 7) is 1.70. The van der Waals surface area contributed by atoms with Crippen molar-refractivity contribution in [3.63, 3.8) is 0 Å². The van der Waals surface area contributed by atoms with E-state index in [-0.39, 0.29) is 18.2 Å². The van der Waals surface area contributed by atoms with Crippen molar-refractivity contribution in [2.24, 2.45) is 0 Å². The third-order valence-electron chi connectivity index (χ3n) is 5.45. The average molecular weight is 427 g/mol. The minimum atomic E-state index is 0.256. The van der Waals surface area contributed by atoms with E-state index in [0.29, 0.717) is 29.7 Å². The van der Waals surface area contributed by atoms with Gasteiger partial charge < -0.3 is 23.2 Å². The normalized spacial score (nSPS) is 12.8. The number of fused-ring (bicyclic) bond motifs is 1. The zero-order valence-electron chi connectivity index (χ0n) is 17.6. The Morgan fingerprint density at radius 1 is 1.00 bits per heavy atom. The second kappa shape index (κ2) is 8.52. The molecule has 4 aromatic rings. The molecular weight excluding hydrogens is 406 g/mol. The minimum Gasteiger partial charge on any atom is -0.497 e. The Balaban J connectivity index is 1.31. The molecule has 0 atom stereocenters. The van der Waals surface area contributed by atoms with Gasteiger partial charge in [0.1, 0.15) is 29.9 Å². The van der Waals surface area contributed by atoms with Crippen LogP contribution in [0.4, 0.5) is 5.88 Å². The Morgan fingerprint density at radius 2 is 1.78 bits per heavy atom. The number of benzene rings is 2. The van der Waals surface area contributed by atoms with Crippen molar-refractivity contribution in [2.45, 2.75) is 19.6 Å². The standard InChI is InChI=1S/C25H21N3O4/c1-29-19-6-8-20(9-7-19)30-16-21-10-11-23(31-21)24-27-22(14-26)25(32-24)28-13-12-17-4-2-3-5-18(17)15-28/h2-11H,12-13,15-16H2,1H3.